The third-order valence-corrected chi connectivity index (χ3v) is 4.83. The molecule has 2 aromatic carbocycles. The number of nitrogens with zero attached hydrogens (tertiary/aromatic N) is 1. The second-order valence-electron chi connectivity index (χ2n) is 6.88. The fourth-order valence-corrected chi connectivity index (χ4v) is 3.55. The Morgan fingerprint density at radius 2 is 1.83 bits per heavy atom. The third kappa shape index (κ3) is 3.48. The van der Waals surface area contributed by atoms with E-state index in [4.69, 9.17) is 9.15 Å². The van der Waals surface area contributed by atoms with E-state index in [-0.39, 0.29) is 16.5 Å². The monoisotopic (exact) mass is 407 g/mol. The summed E-state index contributed by atoms with van der Waals surface area (Å²) in [6, 6.07) is 7.24. The molecule has 152 valence electrons. The standard InChI is InChI=1S/C21H17F4NO3/c1-2-9-26-10-15-16(28-11-26)8-7-14-18(27)17(12-3-5-13(22)6-4-12)20(21(23,24)25)29-19(14)15/h3-8H,2,9-11H2,1H3. The Hall–Kier alpha value is -2.87. The molecule has 0 N–H and O–H groups in total. The number of ether oxygens (including phenoxy) is 1. The van der Waals surface area contributed by atoms with Crippen LogP contribution in [0.5, 0.6) is 5.75 Å². The summed E-state index contributed by atoms with van der Waals surface area (Å²) < 4.78 is 65.6. The van der Waals surface area contributed by atoms with E-state index in [1.54, 1.807) is 6.07 Å². The van der Waals surface area contributed by atoms with Crippen LogP contribution in [0, 0.1) is 5.82 Å². The normalized spacial score (nSPS) is 14.7. The topological polar surface area (TPSA) is 42.7 Å². The summed E-state index contributed by atoms with van der Waals surface area (Å²) >= 11 is 0. The summed E-state index contributed by atoms with van der Waals surface area (Å²) in [4.78, 5) is 15.0. The fourth-order valence-electron chi connectivity index (χ4n) is 3.55. The zero-order valence-corrected chi connectivity index (χ0v) is 15.5. The Balaban J connectivity index is 2.00. The van der Waals surface area contributed by atoms with Crippen LogP contribution < -0.4 is 10.2 Å². The number of alkyl halides is 3. The molecule has 0 saturated carbocycles. The van der Waals surface area contributed by atoms with Crippen LogP contribution in [0.4, 0.5) is 17.6 Å². The number of hydrogen-bond acceptors (Lipinski definition) is 4. The lowest BCUT2D eigenvalue weighted by molar-refractivity contribution is -0.152. The fraction of sp³-hybridized carbons (Fsp3) is 0.286. The smallest absolute Gasteiger partial charge is 0.450 e. The molecule has 0 bridgehead atoms. The molecule has 0 atom stereocenters. The van der Waals surface area contributed by atoms with E-state index < -0.39 is 28.7 Å². The summed E-state index contributed by atoms with van der Waals surface area (Å²) in [6.45, 7) is 3.31. The van der Waals surface area contributed by atoms with Gasteiger partial charge >= 0.3 is 6.18 Å². The minimum absolute atomic E-state index is 0.0259. The summed E-state index contributed by atoms with van der Waals surface area (Å²) in [7, 11) is 0. The molecular weight excluding hydrogens is 390 g/mol. The molecule has 0 saturated heterocycles. The van der Waals surface area contributed by atoms with Crippen LogP contribution in [-0.4, -0.2) is 18.2 Å². The average Bonchev–Trinajstić information content (AvgIpc) is 2.68. The van der Waals surface area contributed by atoms with Crippen molar-refractivity contribution in [3.05, 3.63) is 63.8 Å². The van der Waals surface area contributed by atoms with Crippen LogP contribution in [0.3, 0.4) is 0 Å². The Labute approximate surface area is 163 Å². The van der Waals surface area contributed by atoms with Gasteiger partial charge in [-0.2, -0.15) is 13.2 Å². The number of rotatable bonds is 3. The lowest BCUT2D eigenvalue weighted by atomic mass is 10.00. The largest absolute Gasteiger partial charge is 0.478 e. The number of hydrogen-bond donors (Lipinski definition) is 0. The Kier molecular flexibility index (Phi) is 4.82. The van der Waals surface area contributed by atoms with Gasteiger partial charge in [0.15, 0.2) is 0 Å². The average molecular weight is 407 g/mol. The molecule has 0 unspecified atom stereocenters. The lowest BCUT2D eigenvalue weighted by Crippen LogP contribution is -2.32. The van der Waals surface area contributed by atoms with Gasteiger partial charge in [0.1, 0.15) is 23.9 Å². The zero-order chi connectivity index (χ0) is 20.8. The number of benzene rings is 2. The second kappa shape index (κ2) is 7.18. The van der Waals surface area contributed by atoms with E-state index in [1.807, 2.05) is 11.8 Å². The molecule has 4 rings (SSSR count). The Morgan fingerprint density at radius 3 is 2.48 bits per heavy atom. The number of halogens is 4. The van der Waals surface area contributed by atoms with Crippen molar-refractivity contribution in [1.82, 2.24) is 4.90 Å². The first kappa shape index (κ1) is 19.4. The molecular formula is C21H17F4NO3. The van der Waals surface area contributed by atoms with Gasteiger partial charge in [-0.1, -0.05) is 19.1 Å². The minimum atomic E-state index is -4.90. The van der Waals surface area contributed by atoms with E-state index in [0.29, 0.717) is 31.1 Å². The molecule has 0 fully saturated rings. The first-order valence-corrected chi connectivity index (χ1v) is 9.10. The third-order valence-electron chi connectivity index (χ3n) is 4.83. The van der Waals surface area contributed by atoms with Crippen molar-refractivity contribution in [2.24, 2.45) is 0 Å². The van der Waals surface area contributed by atoms with Crippen LogP contribution in [-0.2, 0) is 12.7 Å². The number of fused-ring (bicyclic) bond motifs is 3. The van der Waals surface area contributed by atoms with Gasteiger partial charge in [-0.05, 0) is 36.2 Å². The molecule has 8 heteroatoms. The van der Waals surface area contributed by atoms with Crippen LogP contribution >= 0.6 is 0 Å². The molecule has 0 spiro atoms. The summed E-state index contributed by atoms with van der Waals surface area (Å²) in [6.07, 6.45) is -4.06. The van der Waals surface area contributed by atoms with Gasteiger partial charge in [-0.15, -0.1) is 0 Å². The summed E-state index contributed by atoms with van der Waals surface area (Å²) in [5.41, 5.74) is -1.23. The molecule has 1 aliphatic heterocycles. The quantitative estimate of drug-likeness (QED) is 0.561. The maximum Gasteiger partial charge on any atom is 0.450 e. The van der Waals surface area contributed by atoms with Crippen molar-refractivity contribution >= 4 is 11.0 Å². The highest BCUT2D eigenvalue weighted by Crippen LogP contribution is 2.40. The first-order valence-electron chi connectivity index (χ1n) is 9.10. The van der Waals surface area contributed by atoms with Crippen LogP contribution in [0.25, 0.3) is 22.1 Å². The minimum Gasteiger partial charge on any atom is -0.478 e. The predicted octanol–water partition coefficient (Wildman–Crippen LogP) is 5.18. The van der Waals surface area contributed by atoms with E-state index in [1.165, 1.54) is 6.07 Å². The van der Waals surface area contributed by atoms with Crippen molar-refractivity contribution in [1.29, 1.82) is 0 Å². The van der Waals surface area contributed by atoms with Crippen molar-refractivity contribution in [3.63, 3.8) is 0 Å². The maximum absolute atomic E-state index is 13.8. The van der Waals surface area contributed by atoms with Crippen LogP contribution in [0.2, 0.25) is 0 Å². The maximum atomic E-state index is 13.8. The molecule has 29 heavy (non-hydrogen) atoms. The highest BCUT2D eigenvalue weighted by atomic mass is 19.4. The van der Waals surface area contributed by atoms with Crippen molar-refractivity contribution in [3.8, 4) is 16.9 Å². The highest BCUT2D eigenvalue weighted by Gasteiger charge is 2.40. The van der Waals surface area contributed by atoms with Crippen molar-refractivity contribution < 1.29 is 26.7 Å². The lowest BCUT2D eigenvalue weighted by Gasteiger charge is -2.29. The van der Waals surface area contributed by atoms with Gasteiger partial charge in [0.2, 0.25) is 11.2 Å². The van der Waals surface area contributed by atoms with E-state index in [2.05, 4.69) is 0 Å². The molecule has 0 amide bonds. The molecule has 4 nitrogen and oxygen atoms in total. The van der Waals surface area contributed by atoms with Gasteiger partial charge in [0, 0.05) is 13.1 Å². The van der Waals surface area contributed by atoms with E-state index in [9.17, 15) is 22.4 Å². The molecule has 2 heterocycles. The molecule has 3 aromatic rings. The Bertz CT molecular complexity index is 1120. The van der Waals surface area contributed by atoms with Gasteiger partial charge in [-0.25, -0.2) is 4.39 Å². The van der Waals surface area contributed by atoms with Gasteiger partial charge in [0.05, 0.1) is 16.5 Å². The molecule has 1 aromatic heterocycles. The second-order valence-corrected chi connectivity index (χ2v) is 6.88. The van der Waals surface area contributed by atoms with Gasteiger partial charge < -0.3 is 9.15 Å². The molecule has 0 aliphatic carbocycles. The predicted molar refractivity (Wildman–Crippen MR) is 99.1 cm³/mol. The SMILES string of the molecule is CCCN1COc2ccc3c(=O)c(-c4ccc(F)cc4)c(C(F)(F)F)oc3c2C1. The summed E-state index contributed by atoms with van der Waals surface area (Å²) in [5.74, 6) is -1.62. The van der Waals surface area contributed by atoms with E-state index in [0.717, 1.165) is 30.7 Å². The molecule has 1 aliphatic rings. The Morgan fingerprint density at radius 1 is 1.10 bits per heavy atom. The van der Waals surface area contributed by atoms with Gasteiger partial charge in [-0.3, -0.25) is 9.69 Å². The van der Waals surface area contributed by atoms with E-state index >= 15 is 0 Å². The van der Waals surface area contributed by atoms with Crippen LogP contribution in [0.1, 0.15) is 24.7 Å². The molecule has 0 radical (unpaired) electrons. The van der Waals surface area contributed by atoms with Crippen LogP contribution in [0.15, 0.2) is 45.6 Å². The van der Waals surface area contributed by atoms with Crippen molar-refractivity contribution in [2.45, 2.75) is 26.1 Å². The van der Waals surface area contributed by atoms with Gasteiger partial charge in [0.25, 0.3) is 0 Å². The van der Waals surface area contributed by atoms with Crippen molar-refractivity contribution in [2.75, 3.05) is 13.3 Å². The summed E-state index contributed by atoms with van der Waals surface area (Å²) in [5, 5.41) is 0.0259. The zero-order valence-electron chi connectivity index (χ0n) is 15.5. The highest BCUT2D eigenvalue weighted by molar-refractivity contribution is 5.87. The first-order chi connectivity index (χ1) is 13.8.